The minimum Gasteiger partial charge on any atom is -0.176 e. The number of hydrogen-bond donors (Lipinski definition) is 1. The average molecular weight is 206 g/mol. The highest BCUT2D eigenvalue weighted by atomic mass is 32.1. The van der Waals surface area contributed by atoms with E-state index in [-0.39, 0.29) is 0 Å². The monoisotopic (exact) mass is 206 g/mol. The summed E-state index contributed by atoms with van der Waals surface area (Å²) in [5.74, 6) is 0.786. The first-order chi connectivity index (χ1) is 6.86. The molecule has 1 aromatic rings. The molecule has 2 unspecified atom stereocenters. The van der Waals surface area contributed by atoms with Gasteiger partial charge in [0.05, 0.1) is 0 Å². The molecule has 1 heteroatoms. The van der Waals surface area contributed by atoms with Crippen molar-refractivity contribution >= 4 is 12.6 Å². The molecule has 1 fully saturated rings. The predicted octanol–water partition coefficient (Wildman–Crippen LogP) is 4.03. The van der Waals surface area contributed by atoms with E-state index >= 15 is 0 Å². The fraction of sp³-hybridized carbons (Fsp3) is 0.538. The van der Waals surface area contributed by atoms with Gasteiger partial charge >= 0.3 is 0 Å². The van der Waals surface area contributed by atoms with E-state index in [0.717, 1.165) is 5.92 Å². The summed E-state index contributed by atoms with van der Waals surface area (Å²) < 4.78 is 0. The van der Waals surface area contributed by atoms with Crippen molar-refractivity contribution in [3.8, 4) is 0 Å². The Morgan fingerprint density at radius 2 is 1.71 bits per heavy atom. The first-order valence-corrected chi connectivity index (χ1v) is 6.11. The second-order valence-corrected chi connectivity index (χ2v) is 5.00. The molecule has 0 aliphatic heterocycles. The molecule has 0 saturated heterocycles. The molecule has 0 heterocycles. The summed E-state index contributed by atoms with van der Waals surface area (Å²) in [5.41, 5.74) is 1.52. The summed E-state index contributed by atoms with van der Waals surface area (Å²) in [4.78, 5) is 0. The van der Waals surface area contributed by atoms with Gasteiger partial charge in [-0.3, -0.25) is 0 Å². The Balaban J connectivity index is 2.04. The quantitative estimate of drug-likeness (QED) is 0.520. The van der Waals surface area contributed by atoms with E-state index in [1.807, 2.05) is 0 Å². The van der Waals surface area contributed by atoms with Gasteiger partial charge in [-0.05, 0) is 37.2 Å². The summed E-state index contributed by atoms with van der Waals surface area (Å²) >= 11 is 4.58. The van der Waals surface area contributed by atoms with Crippen LogP contribution in [0.25, 0.3) is 0 Å². The number of rotatable bonds is 1. The van der Waals surface area contributed by atoms with Gasteiger partial charge in [-0.25, -0.2) is 0 Å². The molecule has 0 nitrogen and oxygen atoms in total. The van der Waals surface area contributed by atoms with Gasteiger partial charge in [0, 0.05) is 5.25 Å². The Hall–Kier alpha value is -0.430. The first kappa shape index (κ1) is 10.1. The van der Waals surface area contributed by atoms with E-state index in [1.165, 1.54) is 37.7 Å². The molecule has 1 aliphatic carbocycles. The molecule has 76 valence electrons. The van der Waals surface area contributed by atoms with Crippen LogP contribution in [0, 0.1) is 0 Å². The summed E-state index contributed by atoms with van der Waals surface area (Å²) in [7, 11) is 0. The highest BCUT2D eigenvalue weighted by molar-refractivity contribution is 7.80. The largest absolute Gasteiger partial charge is 0.176 e. The van der Waals surface area contributed by atoms with Crippen LogP contribution in [0.15, 0.2) is 30.3 Å². The van der Waals surface area contributed by atoms with Crippen molar-refractivity contribution in [1.29, 1.82) is 0 Å². The van der Waals surface area contributed by atoms with Crippen molar-refractivity contribution in [2.45, 2.75) is 43.3 Å². The molecule has 0 spiro atoms. The highest BCUT2D eigenvalue weighted by Crippen LogP contribution is 2.32. The predicted molar refractivity (Wildman–Crippen MR) is 65.0 cm³/mol. The zero-order chi connectivity index (χ0) is 9.80. The van der Waals surface area contributed by atoms with Crippen LogP contribution in [0.3, 0.4) is 0 Å². The van der Waals surface area contributed by atoms with Crippen molar-refractivity contribution < 1.29 is 0 Å². The van der Waals surface area contributed by atoms with Crippen molar-refractivity contribution in [3.63, 3.8) is 0 Å². The van der Waals surface area contributed by atoms with Gasteiger partial charge in [0.15, 0.2) is 0 Å². The second-order valence-electron chi connectivity index (χ2n) is 4.27. The Bertz CT molecular complexity index is 268. The summed E-state index contributed by atoms with van der Waals surface area (Å²) in [6.45, 7) is 0. The van der Waals surface area contributed by atoms with Crippen LogP contribution >= 0.6 is 12.6 Å². The molecule has 1 saturated carbocycles. The smallest absolute Gasteiger partial charge is 0.00170 e. The van der Waals surface area contributed by atoms with Crippen LogP contribution in [0.5, 0.6) is 0 Å². The molecule has 1 aromatic carbocycles. The van der Waals surface area contributed by atoms with E-state index in [9.17, 15) is 0 Å². The van der Waals surface area contributed by atoms with Gasteiger partial charge in [-0.2, -0.15) is 12.6 Å². The van der Waals surface area contributed by atoms with E-state index in [1.54, 1.807) is 0 Å². The maximum Gasteiger partial charge on any atom is 0.00170 e. The average Bonchev–Trinajstić information content (AvgIpc) is 2.44. The molecule has 0 N–H and O–H groups in total. The van der Waals surface area contributed by atoms with Crippen LogP contribution in [0.2, 0.25) is 0 Å². The minimum absolute atomic E-state index is 0.642. The van der Waals surface area contributed by atoms with Crippen molar-refractivity contribution in [2.75, 3.05) is 0 Å². The van der Waals surface area contributed by atoms with Gasteiger partial charge in [-0.1, -0.05) is 36.8 Å². The Morgan fingerprint density at radius 3 is 2.50 bits per heavy atom. The van der Waals surface area contributed by atoms with Crippen LogP contribution in [-0.4, -0.2) is 5.25 Å². The summed E-state index contributed by atoms with van der Waals surface area (Å²) in [6.07, 6.45) is 6.59. The molecule has 0 radical (unpaired) electrons. The van der Waals surface area contributed by atoms with E-state index in [4.69, 9.17) is 0 Å². The molecular formula is C13H18S. The molecule has 0 aromatic heterocycles. The molecule has 1 aliphatic rings. The normalized spacial score (nSPS) is 28.4. The van der Waals surface area contributed by atoms with Gasteiger partial charge < -0.3 is 0 Å². The third-order valence-electron chi connectivity index (χ3n) is 3.21. The Morgan fingerprint density at radius 1 is 0.929 bits per heavy atom. The second kappa shape index (κ2) is 4.88. The molecular weight excluding hydrogens is 188 g/mol. The molecule has 2 rings (SSSR count). The maximum absolute atomic E-state index is 4.58. The Kier molecular flexibility index (Phi) is 3.52. The summed E-state index contributed by atoms with van der Waals surface area (Å²) in [6, 6.07) is 10.9. The van der Waals surface area contributed by atoms with E-state index in [2.05, 4.69) is 43.0 Å². The standard InChI is InChI=1S/C13H18S/c14-13-8-4-7-12(9-10-13)11-5-2-1-3-6-11/h1-3,5-6,12-14H,4,7-10H2. The zero-order valence-electron chi connectivity index (χ0n) is 8.52. The van der Waals surface area contributed by atoms with Crippen molar-refractivity contribution in [3.05, 3.63) is 35.9 Å². The van der Waals surface area contributed by atoms with Gasteiger partial charge in [0.1, 0.15) is 0 Å². The topological polar surface area (TPSA) is 0 Å². The molecule has 0 amide bonds. The fourth-order valence-corrected chi connectivity index (χ4v) is 2.67. The van der Waals surface area contributed by atoms with Crippen LogP contribution in [0.1, 0.15) is 43.6 Å². The zero-order valence-corrected chi connectivity index (χ0v) is 9.42. The first-order valence-electron chi connectivity index (χ1n) is 5.59. The lowest BCUT2D eigenvalue weighted by atomic mass is 9.92. The maximum atomic E-state index is 4.58. The third-order valence-corrected chi connectivity index (χ3v) is 3.73. The molecule has 0 bridgehead atoms. The molecule has 2 atom stereocenters. The van der Waals surface area contributed by atoms with E-state index < -0.39 is 0 Å². The lowest BCUT2D eigenvalue weighted by molar-refractivity contribution is 0.593. The van der Waals surface area contributed by atoms with Crippen molar-refractivity contribution in [2.24, 2.45) is 0 Å². The van der Waals surface area contributed by atoms with Crippen LogP contribution in [0.4, 0.5) is 0 Å². The van der Waals surface area contributed by atoms with E-state index in [0.29, 0.717) is 5.25 Å². The Labute approximate surface area is 92.1 Å². The number of thiol groups is 1. The van der Waals surface area contributed by atoms with Gasteiger partial charge in [0.25, 0.3) is 0 Å². The lowest BCUT2D eigenvalue weighted by Crippen LogP contribution is -1.98. The summed E-state index contributed by atoms with van der Waals surface area (Å²) in [5, 5.41) is 0.642. The highest BCUT2D eigenvalue weighted by Gasteiger charge is 2.17. The fourth-order valence-electron chi connectivity index (χ4n) is 2.34. The van der Waals surface area contributed by atoms with Gasteiger partial charge in [0.2, 0.25) is 0 Å². The van der Waals surface area contributed by atoms with Crippen LogP contribution in [-0.2, 0) is 0 Å². The number of benzene rings is 1. The minimum atomic E-state index is 0.642. The van der Waals surface area contributed by atoms with Crippen molar-refractivity contribution in [1.82, 2.24) is 0 Å². The SMILES string of the molecule is SC1CCCC(c2ccccc2)CC1. The van der Waals surface area contributed by atoms with Gasteiger partial charge in [-0.15, -0.1) is 0 Å². The third kappa shape index (κ3) is 2.54. The number of hydrogen-bond acceptors (Lipinski definition) is 1. The molecule has 14 heavy (non-hydrogen) atoms. The lowest BCUT2D eigenvalue weighted by Gasteiger charge is -2.13. The van der Waals surface area contributed by atoms with Crippen LogP contribution < -0.4 is 0 Å².